The van der Waals surface area contributed by atoms with Gasteiger partial charge in [-0.1, -0.05) is 36.0 Å². The fraction of sp³-hybridized carbons (Fsp3) is 0.0870. The molecule has 1 aromatic heterocycles. The molecule has 0 radical (unpaired) electrons. The van der Waals surface area contributed by atoms with Crippen molar-refractivity contribution in [1.82, 2.24) is 9.55 Å². The molecule has 0 unspecified atom stereocenters. The van der Waals surface area contributed by atoms with Crippen LogP contribution in [0.3, 0.4) is 0 Å². The van der Waals surface area contributed by atoms with E-state index in [1.54, 1.807) is 55.5 Å². The molecule has 0 saturated heterocycles. The molecule has 0 bridgehead atoms. The second-order valence-electron chi connectivity index (χ2n) is 6.82. The summed E-state index contributed by atoms with van der Waals surface area (Å²) in [6, 6.07) is 20.9. The van der Waals surface area contributed by atoms with Crippen molar-refractivity contribution in [2.45, 2.75) is 17.8 Å². The van der Waals surface area contributed by atoms with E-state index in [2.05, 4.69) is 11.1 Å². The molecule has 0 aliphatic rings. The van der Waals surface area contributed by atoms with E-state index in [0.29, 0.717) is 38.6 Å². The van der Waals surface area contributed by atoms with Crippen molar-refractivity contribution in [1.29, 1.82) is 5.26 Å². The van der Waals surface area contributed by atoms with Crippen LogP contribution in [-0.2, 0) is 5.75 Å². The van der Waals surface area contributed by atoms with E-state index in [0.717, 1.165) is 5.56 Å². The molecule has 1 heterocycles. The molecule has 4 rings (SSSR count). The van der Waals surface area contributed by atoms with Crippen LogP contribution in [0, 0.1) is 28.4 Å². The summed E-state index contributed by atoms with van der Waals surface area (Å²) in [5, 5.41) is 21.3. The van der Waals surface area contributed by atoms with Gasteiger partial charge in [0.15, 0.2) is 5.16 Å². The Bertz CT molecular complexity index is 1410. The van der Waals surface area contributed by atoms with Gasteiger partial charge in [-0.2, -0.15) is 5.26 Å². The number of hydrogen-bond donors (Lipinski definition) is 0. The van der Waals surface area contributed by atoms with E-state index < -0.39 is 4.92 Å². The smallest absolute Gasteiger partial charge is 0.268 e. The molecule has 0 aliphatic heterocycles. The third-order valence-electron chi connectivity index (χ3n) is 4.97. The Hall–Kier alpha value is -3.96. The standard InChI is InChI=1S/C23H16N4O3S/c1-15-17(5-4-8-21(15)27(29)30)14-31-23-25-20-7-3-2-6-19(20)22(28)26(23)18-11-9-16(13-24)10-12-18/h2-12H,14H2,1H3. The lowest BCUT2D eigenvalue weighted by Crippen LogP contribution is -2.21. The molecular weight excluding hydrogens is 412 g/mol. The van der Waals surface area contributed by atoms with Gasteiger partial charge in [-0.15, -0.1) is 0 Å². The number of aromatic nitrogens is 2. The zero-order chi connectivity index (χ0) is 22.0. The number of benzene rings is 3. The van der Waals surface area contributed by atoms with Crippen LogP contribution in [0.2, 0.25) is 0 Å². The van der Waals surface area contributed by atoms with Gasteiger partial charge in [0.2, 0.25) is 0 Å². The van der Waals surface area contributed by atoms with E-state index >= 15 is 0 Å². The monoisotopic (exact) mass is 428 g/mol. The minimum atomic E-state index is -0.398. The molecule has 8 heteroatoms. The van der Waals surface area contributed by atoms with E-state index in [1.165, 1.54) is 22.4 Å². The summed E-state index contributed by atoms with van der Waals surface area (Å²) in [6.07, 6.45) is 0. The largest absolute Gasteiger partial charge is 0.272 e. The van der Waals surface area contributed by atoms with Gasteiger partial charge in [0, 0.05) is 17.4 Å². The summed E-state index contributed by atoms with van der Waals surface area (Å²) < 4.78 is 1.51. The van der Waals surface area contributed by atoms with Crippen molar-refractivity contribution in [2.24, 2.45) is 0 Å². The average molecular weight is 428 g/mol. The number of rotatable bonds is 5. The predicted molar refractivity (Wildman–Crippen MR) is 119 cm³/mol. The summed E-state index contributed by atoms with van der Waals surface area (Å²) in [6.45, 7) is 1.72. The first-order valence-corrected chi connectivity index (χ1v) is 10.4. The van der Waals surface area contributed by atoms with Gasteiger partial charge in [0.05, 0.1) is 33.1 Å². The van der Waals surface area contributed by atoms with E-state index in [4.69, 9.17) is 5.26 Å². The van der Waals surface area contributed by atoms with Crippen molar-refractivity contribution >= 4 is 28.4 Å². The van der Waals surface area contributed by atoms with Gasteiger partial charge in [0.25, 0.3) is 11.2 Å². The summed E-state index contributed by atoms with van der Waals surface area (Å²) >= 11 is 1.33. The summed E-state index contributed by atoms with van der Waals surface area (Å²) in [5.74, 6) is 0.411. The molecule has 7 nitrogen and oxygen atoms in total. The van der Waals surface area contributed by atoms with Crippen molar-refractivity contribution in [2.75, 3.05) is 0 Å². The Labute approximate surface area is 181 Å². The van der Waals surface area contributed by atoms with E-state index in [9.17, 15) is 14.9 Å². The Morgan fingerprint density at radius 3 is 2.55 bits per heavy atom. The molecule has 0 N–H and O–H groups in total. The first kappa shape index (κ1) is 20.3. The third kappa shape index (κ3) is 3.91. The summed E-state index contributed by atoms with van der Waals surface area (Å²) in [7, 11) is 0. The molecule has 0 saturated carbocycles. The van der Waals surface area contributed by atoms with E-state index in [-0.39, 0.29) is 11.2 Å². The highest BCUT2D eigenvalue weighted by Crippen LogP contribution is 2.29. The Kier molecular flexibility index (Phi) is 5.52. The van der Waals surface area contributed by atoms with Gasteiger partial charge >= 0.3 is 0 Å². The maximum Gasteiger partial charge on any atom is 0.272 e. The van der Waals surface area contributed by atoms with Crippen LogP contribution in [-0.4, -0.2) is 14.5 Å². The first-order chi connectivity index (χ1) is 15.0. The maximum absolute atomic E-state index is 13.3. The second-order valence-corrected chi connectivity index (χ2v) is 7.76. The molecule has 0 fully saturated rings. The quantitative estimate of drug-likeness (QED) is 0.196. The van der Waals surface area contributed by atoms with Crippen molar-refractivity contribution in [3.63, 3.8) is 0 Å². The van der Waals surface area contributed by atoms with Gasteiger partial charge < -0.3 is 0 Å². The molecule has 0 spiro atoms. The molecule has 4 aromatic rings. The lowest BCUT2D eigenvalue weighted by atomic mass is 10.1. The second kappa shape index (κ2) is 8.42. The normalized spacial score (nSPS) is 10.7. The van der Waals surface area contributed by atoms with Gasteiger partial charge in [-0.3, -0.25) is 19.5 Å². The minimum absolute atomic E-state index is 0.0639. The zero-order valence-electron chi connectivity index (χ0n) is 16.5. The fourth-order valence-corrected chi connectivity index (χ4v) is 4.37. The van der Waals surface area contributed by atoms with E-state index in [1.807, 2.05) is 12.1 Å². The molecule has 0 amide bonds. The number of fused-ring (bicyclic) bond motifs is 1. The van der Waals surface area contributed by atoms with Gasteiger partial charge in [-0.25, -0.2) is 4.98 Å². The molecule has 0 atom stereocenters. The van der Waals surface area contributed by atoms with Crippen molar-refractivity contribution in [3.8, 4) is 11.8 Å². The summed E-state index contributed by atoms with van der Waals surface area (Å²) in [4.78, 5) is 28.8. The number of nitro groups is 1. The molecular formula is C23H16N4O3S. The first-order valence-electron chi connectivity index (χ1n) is 9.37. The van der Waals surface area contributed by atoms with Crippen LogP contribution >= 0.6 is 11.8 Å². The Morgan fingerprint density at radius 1 is 1.10 bits per heavy atom. The predicted octanol–water partition coefficient (Wildman–Crippen LogP) is 4.77. The number of thioether (sulfide) groups is 1. The Balaban J connectivity index is 1.81. The number of nitriles is 1. The number of hydrogen-bond acceptors (Lipinski definition) is 6. The molecule has 3 aromatic carbocycles. The molecule has 31 heavy (non-hydrogen) atoms. The lowest BCUT2D eigenvalue weighted by molar-refractivity contribution is -0.385. The zero-order valence-corrected chi connectivity index (χ0v) is 17.3. The number of para-hydroxylation sites is 1. The highest BCUT2D eigenvalue weighted by molar-refractivity contribution is 7.98. The minimum Gasteiger partial charge on any atom is -0.268 e. The number of nitrogens with zero attached hydrogens (tertiary/aromatic N) is 4. The number of nitro benzene ring substituents is 1. The van der Waals surface area contributed by atoms with Gasteiger partial charge in [-0.05, 0) is 48.9 Å². The average Bonchev–Trinajstić information content (AvgIpc) is 2.78. The van der Waals surface area contributed by atoms with Crippen LogP contribution in [0.1, 0.15) is 16.7 Å². The lowest BCUT2D eigenvalue weighted by Gasteiger charge is -2.14. The summed E-state index contributed by atoms with van der Waals surface area (Å²) in [5.41, 5.74) is 2.91. The highest BCUT2D eigenvalue weighted by Gasteiger charge is 2.16. The fourth-order valence-electron chi connectivity index (χ4n) is 3.29. The van der Waals surface area contributed by atoms with Crippen LogP contribution in [0.15, 0.2) is 76.7 Å². The molecule has 152 valence electrons. The van der Waals surface area contributed by atoms with Crippen LogP contribution in [0.5, 0.6) is 0 Å². The Morgan fingerprint density at radius 2 is 1.84 bits per heavy atom. The SMILES string of the molecule is Cc1c(CSc2nc3ccccc3c(=O)n2-c2ccc(C#N)cc2)cccc1[N+](=O)[O-]. The van der Waals surface area contributed by atoms with Crippen molar-refractivity contribution in [3.05, 3.63) is 104 Å². The van der Waals surface area contributed by atoms with Crippen LogP contribution in [0.4, 0.5) is 5.69 Å². The topological polar surface area (TPSA) is 102 Å². The van der Waals surface area contributed by atoms with Crippen molar-refractivity contribution < 1.29 is 4.92 Å². The van der Waals surface area contributed by atoms with Gasteiger partial charge in [0.1, 0.15) is 0 Å². The van der Waals surface area contributed by atoms with Crippen LogP contribution < -0.4 is 5.56 Å². The van der Waals surface area contributed by atoms with Crippen LogP contribution in [0.25, 0.3) is 16.6 Å². The highest BCUT2D eigenvalue weighted by atomic mass is 32.2. The third-order valence-corrected chi connectivity index (χ3v) is 5.96. The molecule has 0 aliphatic carbocycles. The maximum atomic E-state index is 13.3.